The van der Waals surface area contributed by atoms with Gasteiger partial charge in [-0.15, -0.1) is 0 Å². The molecule has 0 bridgehead atoms. The number of rotatable bonds is 3. The second kappa shape index (κ2) is 5.45. The van der Waals surface area contributed by atoms with E-state index in [0.717, 1.165) is 11.1 Å². The molecule has 0 saturated carbocycles. The summed E-state index contributed by atoms with van der Waals surface area (Å²) in [6, 6.07) is 5.37. The quantitative estimate of drug-likeness (QED) is 0.930. The molecule has 2 aromatic rings. The first-order chi connectivity index (χ1) is 8.16. The molecule has 0 fully saturated rings. The average Bonchev–Trinajstić information content (AvgIpc) is 2.35. The molecule has 1 unspecified atom stereocenters. The van der Waals surface area contributed by atoms with Crippen molar-refractivity contribution < 1.29 is 0 Å². The van der Waals surface area contributed by atoms with Gasteiger partial charge in [0.25, 0.3) is 0 Å². The molecule has 1 heterocycles. The van der Waals surface area contributed by atoms with Crippen molar-refractivity contribution in [1.29, 1.82) is 0 Å². The molecule has 1 atom stereocenters. The van der Waals surface area contributed by atoms with Crippen LogP contribution in [-0.2, 0) is 6.42 Å². The third-order valence-electron chi connectivity index (χ3n) is 2.45. The second-order valence-corrected chi connectivity index (χ2v) is 4.55. The van der Waals surface area contributed by atoms with E-state index >= 15 is 0 Å². The number of hydrogen-bond acceptors (Lipinski definition) is 3. The Balaban J connectivity index is 2.13. The van der Waals surface area contributed by atoms with Crippen LogP contribution in [0.5, 0.6) is 0 Å². The number of nitrogens with zero attached hydrogens (tertiary/aromatic N) is 2. The molecule has 88 valence electrons. The summed E-state index contributed by atoms with van der Waals surface area (Å²) in [5.74, 6) is 0. The Hall–Kier alpha value is -1.16. The van der Waals surface area contributed by atoms with E-state index in [4.69, 9.17) is 28.9 Å². The Morgan fingerprint density at radius 2 is 1.82 bits per heavy atom. The lowest BCUT2D eigenvalue weighted by Crippen LogP contribution is -2.13. The summed E-state index contributed by atoms with van der Waals surface area (Å²) in [7, 11) is 0. The van der Waals surface area contributed by atoms with Crippen LogP contribution < -0.4 is 5.73 Å². The molecule has 0 aliphatic carbocycles. The van der Waals surface area contributed by atoms with Gasteiger partial charge in [0.05, 0.1) is 10.0 Å². The molecule has 0 saturated heterocycles. The maximum absolute atomic E-state index is 6.06. The molecule has 0 radical (unpaired) electrons. The molecule has 0 amide bonds. The van der Waals surface area contributed by atoms with E-state index in [1.54, 1.807) is 18.5 Å². The van der Waals surface area contributed by atoms with Crippen molar-refractivity contribution >= 4 is 23.2 Å². The molecule has 3 nitrogen and oxygen atoms in total. The highest BCUT2D eigenvalue weighted by Crippen LogP contribution is 2.24. The molecule has 2 rings (SSSR count). The van der Waals surface area contributed by atoms with Gasteiger partial charge in [-0.05, 0) is 24.1 Å². The van der Waals surface area contributed by atoms with Crippen LogP contribution in [-0.4, -0.2) is 9.97 Å². The number of benzene rings is 1. The molecule has 1 aromatic carbocycles. The Kier molecular flexibility index (Phi) is 3.94. The zero-order valence-electron chi connectivity index (χ0n) is 8.98. The molecule has 5 heteroatoms. The van der Waals surface area contributed by atoms with Crippen molar-refractivity contribution in [3.8, 4) is 0 Å². The van der Waals surface area contributed by atoms with Crippen LogP contribution in [0.1, 0.15) is 17.2 Å². The van der Waals surface area contributed by atoms with E-state index in [-0.39, 0.29) is 6.04 Å². The summed E-state index contributed by atoms with van der Waals surface area (Å²) < 4.78 is 0. The number of hydrogen-bond donors (Lipinski definition) is 1. The first kappa shape index (κ1) is 12.3. The Labute approximate surface area is 110 Å². The molecule has 17 heavy (non-hydrogen) atoms. The maximum atomic E-state index is 6.06. The second-order valence-electron chi connectivity index (χ2n) is 3.73. The van der Waals surface area contributed by atoms with Crippen molar-refractivity contribution in [3.05, 3.63) is 58.1 Å². The third-order valence-corrected chi connectivity index (χ3v) is 3.19. The summed E-state index contributed by atoms with van der Waals surface area (Å²) in [5.41, 5.74) is 8.00. The minimum absolute atomic E-state index is 0.145. The minimum Gasteiger partial charge on any atom is -0.324 e. The highest BCUT2D eigenvalue weighted by Gasteiger charge is 2.08. The molecule has 1 aromatic heterocycles. The number of nitrogens with two attached hydrogens (primary N) is 1. The monoisotopic (exact) mass is 267 g/mol. The number of aromatic nitrogens is 2. The van der Waals surface area contributed by atoms with Crippen LogP contribution >= 0.6 is 23.2 Å². The Morgan fingerprint density at radius 3 is 2.47 bits per heavy atom. The predicted molar refractivity (Wildman–Crippen MR) is 69.1 cm³/mol. The van der Waals surface area contributed by atoms with E-state index in [1.807, 2.05) is 12.1 Å². The van der Waals surface area contributed by atoms with Crippen molar-refractivity contribution in [2.45, 2.75) is 12.5 Å². The van der Waals surface area contributed by atoms with Crippen LogP contribution in [0.3, 0.4) is 0 Å². The standard InChI is InChI=1S/C12H11Cl2N3/c13-10-2-1-8(3-11(10)14)4-12(15)9-5-16-7-17-6-9/h1-3,5-7,12H,4,15H2. The highest BCUT2D eigenvalue weighted by molar-refractivity contribution is 6.42. The summed E-state index contributed by atoms with van der Waals surface area (Å²) in [6.45, 7) is 0. The van der Waals surface area contributed by atoms with E-state index in [9.17, 15) is 0 Å². The van der Waals surface area contributed by atoms with Crippen molar-refractivity contribution in [3.63, 3.8) is 0 Å². The van der Waals surface area contributed by atoms with Gasteiger partial charge in [0.2, 0.25) is 0 Å². The van der Waals surface area contributed by atoms with Crippen molar-refractivity contribution in [1.82, 2.24) is 9.97 Å². The summed E-state index contributed by atoms with van der Waals surface area (Å²) in [4.78, 5) is 7.88. The molecule has 0 spiro atoms. The summed E-state index contributed by atoms with van der Waals surface area (Å²) in [6.07, 6.45) is 5.59. The van der Waals surface area contributed by atoms with Gasteiger partial charge in [0.15, 0.2) is 0 Å². The maximum Gasteiger partial charge on any atom is 0.115 e. The van der Waals surface area contributed by atoms with Gasteiger partial charge in [-0.25, -0.2) is 9.97 Å². The van der Waals surface area contributed by atoms with Gasteiger partial charge in [0.1, 0.15) is 6.33 Å². The topological polar surface area (TPSA) is 51.8 Å². The van der Waals surface area contributed by atoms with Crippen LogP contribution in [0.4, 0.5) is 0 Å². The van der Waals surface area contributed by atoms with Gasteiger partial charge in [0, 0.05) is 24.0 Å². The van der Waals surface area contributed by atoms with Crippen molar-refractivity contribution in [2.75, 3.05) is 0 Å². The van der Waals surface area contributed by atoms with E-state index in [2.05, 4.69) is 9.97 Å². The Morgan fingerprint density at radius 1 is 1.12 bits per heavy atom. The smallest absolute Gasteiger partial charge is 0.115 e. The summed E-state index contributed by atoms with van der Waals surface area (Å²) in [5, 5.41) is 1.09. The summed E-state index contributed by atoms with van der Waals surface area (Å²) >= 11 is 11.8. The third kappa shape index (κ3) is 3.16. The zero-order chi connectivity index (χ0) is 12.3. The molecular weight excluding hydrogens is 257 g/mol. The first-order valence-corrected chi connectivity index (χ1v) is 5.87. The predicted octanol–water partition coefficient (Wildman–Crippen LogP) is 3.03. The lowest BCUT2D eigenvalue weighted by atomic mass is 10.0. The molecule has 0 aliphatic heterocycles. The lowest BCUT2D eigenvalue weighted by Gasteiger charge is -2.11. The lowest BCUT2D eigenvalue weighted by molar-refractivity contribution is 0.713. The minimum atomic E-state index is -0.145. The van der Waals surface area contributed by atoms with Gasteiger partial charge in [-0.3, -0.25) is 0 Å². The largest absolute Gasteiger partial charge is 0.324 e. The molecular formula is C12H11Cl2N3. The fourth-order valence-corrected chi connectivity index (χ4v) is 1.86. The van der Waals surface area contributed by atoms with Crippen molar-refractivity contribution in [2.24, 2.45) is 5.73 Å². The van der Waals surface area contributed by atoms with Gasteiger partial charge < -0.3 is 5.73 Å². The van der Waals surface area contributed by atoms with Gasteiger partial charge >= 0.3 is 0 Å². The van der Waals surface area contributed by atoms with Crippen LogP contribution in [0.2, 0.25) is 10.0 Å². The first-order valence-electron chi connectivity index (χ1n) is 5.11. The molecule has 0 aliphatic rings. The average molecular weight is 268 g/mol. The molecule has 2 N–H and O–H groups in total. The van der Waals surface area contributed by atoms with E-state index in [1.165, 1.54) is 6.33 Å². The van der Waals surface area contributed by atoms with Gasteiger partial charge in [-0.2, -0.15) is 0 Å². The van der Waals surface area contributed by atoms with E-state index < -0.39 is 0 Å². The van der Waals surface area contributed by atoms with Crippen LogP contribution in [0, 0.1) is 0 Å². The number of halogens is 2. The Bertz CT molecular complexity index is 502. The van der Waals surface area contributed by atoms with Crippen LogP contribution in [0.25, 0.3) is 0 Å². The normalized spacial score (nSPS) is 12.4. The fourth-order valence-electron chi connectivity index (χ4n) is 1.54. The van der Waals surface area contributed by atoms with E-state index in [0.29, 0.717) is 16.5 Å². The highest BCUT2D eigenvalue weighted by atomic mass is 35.5. The zero-order valence-corrected chi connectivity index (χ0v) is 10.5. The fraction of sp³-hybridized carbons (Fsp3) is 0.167. The van der Waals surface area contributed by atoms with Gasteiger partial charge in [-0.1, -0.05) is 29.3 Å². The van der Waals surface area contributed by atoms with Crippen LogP contribution in [0.15, 0.2) is 36.9 Å². The SMILES string of the molecule is NC(Cc1ccc(Cl)c(Cl)c1)c1cncnc1.